The molecule has 126 valence electrons. The van der Waals surface area contributed by atoms with Crippen molar-refractivity contribution >= 4 is 34.9 Å². The van der Waals surface area contributed by atoms with Gasteiger partial charge in [0.2, 0.25) is 0 Å². The van der Waals surface area contributed by atoms with E-state index in [0.29, 0.717) is 22.3 Å². The summed E-state index contributed by atoms with van der Waals surface area (Å²) in [5, 5.41) is 6.62. The Kier molecular flexibility index (Phi) is 4.88. The Hall–Kier alpha value is -1.91. The van der Waals surface area contributed by atoms with Gasteiger partial charge in [0.15, 0.2) is 0 Å². The Morgan fingerprint density at radius 2 is 1.88 bits per heavy atom. The third kappa shape index (κ3) is 3.77. The molecule has 0 bridgehead atoms. The molecular weight excluding hydrogens is 347 g/mol. The van der Waals surface area contributed by atoms with Crippen LogP contribution in [-0.2, 0) is 5.41 Å². The van der Waals surface area contributed by atoms with Gasteiger partial charge in [-0.1, -0.05) is 35.3 Å². The first-order valence-corrected chi connectivity index (χ1v) is 8.42. The summed E-state index contributed by atoms with van der Waals surface area (Å²) in [6, 6.07) is 12.7. The molecule has 0 unspecified atom stereocenters. The number of ether oxygens (including phenoxy) is 1. The summed E-state index contributed by atoms with van der Waals surface area (Å²) in [7, 11) is 1.65. The van der Waals surface area contributed by atoms with E-state index in [2.05, 4.69) is 22.8 Å². The first-order valence-electron chi connectivity index (χ1n) is 7.67. The maximum absolute atomic E-state index is 12.1. The highest BCUT2D eigenvalue weighted by Gasteiger charge is 2.44. The summed E-state index contributed by atoms with van der Waals surface area (Å²) in [6.07, 6.45) is 2.11. The summed E-state index contributed by atoms with van der Waals surface area (Å²) in [5.41, 5.74) is 1.77. The summed E-state index contributed by atoms with van der Waals surface area (Å²) < 4.78 is 5.18. The van der Waals surface area contributed by atoms with Crippen molar-refractivity contribution in [1.29, 1.82) is 0 Å². The Morgan fingerprint density at radius 3 is 2.46 bits per heavy atom. The number of anilines is 1. The zero-order chi connectivity index (χ0) is 17.2. The molecule has 1 saturated carbocycles. The first kappa shape index (κ1) is 16.9. The van der Waals surface area contributed by atoms with Gasteiger partial charge in [0, 0.05) is 17.0 Å². The van der Waals surface area contributed by atoms with E-state index in [9.17, 15) is 4.79 Å². The lowest BCUT2D eigenvalue weighted by molar-refractivity contribution is 0.251. The van der Waals surface area contributed by atoms with E-state index < -0.39 is 0 Å². The Morgan fingerprint density at radius 1 is 1.17 bits per heavy atom. The zero-order valence-electron chi connectivity index (χ0n) is 13.2. The fourth-order valence-electron chi connectivity index (χ4n) is 2.67. The standard InChI is InChI=1S/C18H18Cl2N2O2/c1-24-14-5-2-12(3-6-14)18(8-9-18)11-21-17(23)22-16-7-4-13(19)10-15(16)20/h2-7,10H,8-9,11H2,1H3,(H2,21,22,23). The highest BCUT2D eigenvalue weighted by Crippen LogP contribution is 2.47. The minimum atomic E-state index is -0.279. The molecule has 1 aliphatic carbocycles. The normalized spacial score (nSPS) is 14.8. The lowest BCUT2D eigenvalue weighted by Gasteiger charge is -2.17. The third-order valence-corrected chi connectivity index (χ3v) is 4.87. The second-order valence-electron chi connectivity index (χ2n) is 5.94. The lowest BCUT2D eigenvalue weighted by atomic mass is 9.96. The number of halogens is 2. The summed E-state index contributed by atoms with van der Waals surface area (Å²) in [6.45, 7) is 0.580. The molecule has 24 heavy (non-hydrogen) atoms. The van der Waals surface area contributed by atoms with E-state index in [1.54, 1.807) is 25.3 Å². The van der Waals surface area contributed by atoms with E-state index >= 15 is 0 Å². The SMILES string of the molecule is COc1ccc(C2(CNC(=O)Nc3ccc(Cl)cc3Cl)CC2)cc1. The molecular formula is C18H18Cl2N2O2. The van der Waals surface area contributed by atoms with Crippen LogP contribution < -0.4 is 15.4 Å². The van der Waals surface area contributed by atoms with Gasteiger partial charge in [-0.2, -0.15) is 0 Å². The molecule has 2 aromatic rings. The summed E-state index contributed by atoms with van der Waals surface area (Å²) >= 11 is 11.9. The van der Waals surface area contributed by atoms with Gasteiger partial charge in [-0.05, 0) is 48.7 Å². The molecule has 0 aromatic heterocycles. The number of urea groups is 1. The molecule has 0 heterocycles. The van der Waals surface area contributed by atoms with Crippen LogP contribution in [0.4, 0.5) is 10.5 Å². The Bertz CT molecular complexity index is 743. The van der Waals surface area contributed by atoms with E-state index in [-0.39, 0.29) is 11.4 Å². The van der Waals surface area contributed by atoms with Gasteiger partial charge in [-0.3, -0.25) is 0 Å². The van der Waals surface area contributed by atoms with Gasteiger partial charge >= 0.3 is 6.03 Å². The molecule has 0 saturated heterocycles. The Balaban J connectivity index is 1.59. The van der Waals surface area contributed by atoms with Gasteiger partial charge < -0.3 is 15.4 Å². The van der Waals surface area contributed by atoms with Gasteiger partial charge in [0.05, 0.1) is 17.8 Å². The maximum Gasteiger partial charge on any atom is 0.319 e. The smallest absolute Gasteiger partial charge is 0.319 e. The van der Waals surface area contributed by atoms with Crippen molar-refractivity contribution in [3.05, 3.63) is 58.1 Å². The Labute approximate surface area is 151 Å². The topological polar surface area (TPSA) is 50.4 Å². The fourth-order valence-corrected chi connectivity index (χ4v) is 3.13. The van der Waals surface area contributed by atoms with Crippen LogP contribution in [0.15, 0.2) is 42.5 Å². The van der Waals surface area contributed by atoms with Crippen LogP contribution in [0.25, 0.3) is 0 Å². The van der Waals surface area contributed by atoms with Crippen molar-refractivity contribution in [2.45, 2.75) is 18.3 Å². The van der Waals surface area contributed by atoms with Crippen molar-refractivity contribution < 1.29 is 9.53 Å². The summed E-state index contributed by atoms with van der Waals surface area (Å²) in [5.74, 6) is 0.831. The van der Waals surface area contributed by atoms with E-state index in [1.165, 1.54) is 5.56 Å². The summed E-state index contributed by atoms with van der Waals surface area (Å²) in [4.78, 5) is 12.1. The molecule has 2 aromatic carbocycles. The molecule has 4 nitrogen and oxygen atoms in total. The quantitative estimate of drug-likeness (QED) is 0.795. The number of nitrogens with one attached hydrogen (secondary N) is 2. The highest BCUT2D eigenvalue weighted by molar-refractivity contribution is 6.36. The van der Waals surface area contributed by atoms with Crippen LogP contribution in [0.5, 0.6) is 5.75 Å². The molecule has 0 radical (unpaired) electrons. The van der Waals surface area contributed by atoms with Crippen LogP contribution in [0.3, 0.4) is 0 Å². The number of benzene rings is 2. The van der Waals surface area contributed by atoms with Crippen molar-refractivity contribution in [3.8, 4) is 5.75 Å². The van der Waals surface area contributed by atoms with Crippen molar-refractivity contribution in [1.82, 2.24) is 5.32 Å². The molecule has 1 fully saturated rings. The third-order valence-electron chi connectivity index (χ3n) is 4.32. The van der Waals surface area contributed by atoms with Crippen molar-refractivity contribution in [2.75, 3.05) is 19.0 Å². The molecule has 0 aliphatic heterocycles. The molecule has 6 heteroatoms. The van der Waals surface area contributed by atoms with Gasteiger partial charge in [-0.25, -0.2) is 4.79 Å². The van der Waals surface area contributed by atoms with Crippen molar-refractivity contribution in [2.24, 2.45) is 0 Å². The van der Waals surface area contributed by atoms with E-state index in [1.807, 2.05) is 12.1 Å². The number of carbonyl (C=O) groups excluding carboxylic acids is 1. The van der Waals surface area contributed by atoms with Gasteiger partial charge in [-0.15, -0.1) is 0 Å². The number of methoxy groups -OCH3 is 1. The molecule has 0 spiro atoms. The van der Waals surface area contributed by atoms with Crippen molar-refractivity contribution in [3.63, 3.8) is 0 Å². The predicted octanol–water partition coefficient (Wildman–Crippen LogP) is 4.86. The van der Waals surface area contributed by atoms with Crippen LogP contribution in [0.2, 0.25) is 10.0 Å². The lowest BCUT2D eigenvalue weighted by Crippen LogP contribution is -2.35. The first-order chi connectivity index (χ1) is 11.5. The number of carbonyl (C=O) groups is 1. The number of hydrogen-bond donors (Lipinski definition) is 2. The number of amides is 2. The fraction of sp³-hybridized carbons (Fsp3) is 0.278. The minimum Gasteiger partial charge on any atom is -0.497 e. The van der Waals surface area contributed by atoms with E-state index in [4.69, 9.17) is 27.9 Å². The van der Waals surface area contributed by atoms with Gasteiger partial charge in [0.25, 0.3) is 0 Å². The molecule has 3 rings (SSSR count). The van der Waals surface area contributed by atoms with Crippen LogP contribution >= 0.6 is 23.2 Å². The molecule has 2 amide bonds. The average molecular weight is 365 g/mol. The van der Waals surface area contributed by atoms with E-state index in [0.717, 1.165) is 18.6 Å². The average Bonchev–Trinajstić information content (AvgIpc) is 3.37. The molecule has 1 aliphatic rings. The molecule has 2 N–H and O–H groups in total. The largest absolute Gasteiger partial charge is 0.497 e. The second-order valence-corrected chi connectivity index (χ2v) is 6.78. The minimum absolute atomic E-state index is 0.0212. The number of hydrogen-bond acceptors (Lipinski definition) is 2. The molecule has 0 atom stereocenters. The van der Waals surface area contributed by atoms with Crippen LogP contribution in [0.1, 0.15) is 18.4 Å². The zero-order valence-corrected chi connectivity index (χ0v) is 14.7. The highest BCUT2D eigenvalue weighted by atomic mass is 35.5. The van der Waals surface area contributed by atoms with Crippen LogP contribution in [0, 0.1) is 0 Å². The maximum atomic E-state index is 12.1. The number of rotatable bonds is 5. The monoisotopic (exact) mass is 364 g/mol. The van der Waals surface area contributed by atoms with Crippen LogP contribution in [-0.4, -0.2) is 19.7 Å². The van der Waals surface area contributed by atoms with Gasteiger partial charge in [0.1, 0.15) is 5.75 Å². The predicted molar refractivity (Wildman–Crippen MR) is 97.4 cm³/mol. The second kappa shape index (κ2) is 6.91.